The topological polar surface area (TPSA) is 59.5 Å². The number of carbonyl (C=O) groups excluding carboxylic acids is 2. The first-order valence-corrected chi connectivity index (χ1v) is 6.99. The van der Waals surface area contributed by atoms with Crippen molar-refractivity contribution in [2.24, 2.45) is 5.41 Å². The lowest BCUT2D eigenvalue weighted by molar-refractivity contribution is -0.133. The summed E-state index contributed by atoms with van der Waals surface area (Å²) in [5.74, 6) is 0.267. The average Bonchev–Trinajstić information content (AvgIpc) is 2.86. The van der Waals surface area contributed by atoms with E-state index in [0.29, 0.717) is 24.4 Å². The quantitative estimate of drug-likeness (QED) is 0.788. The predicted octanol–water partition coefficient (Wildman–Crippen LogP) is 2.73. The minimum atomic E-state index is -0.102. The maximum atomic E-state index is 12.4. The first-order chi connectivity index (χ1) is 9.63. The van der Waals surface area contributed by atoms with Gasteiger partial charge in [0, 0.05) is 18.9 Å². The van der Waals surface area contributed by atoms with Crippen LogP contribution in [-0.2, 0) is 9.59 Å². The van der Waals surface area contributed by atoms with Crippen molar-refractivity contribution in [2.45, 2.75) is 38.5 Å². The van der Waals surface area contributed by atoms with Gasteiger partial charge in [0.15, 0.2) is 0 Å². The molecule has 1 aromatic heterocycles. The minimum absolute atomic E-state index is 0. The van der Waals surface area contributed by atoms with E-state index >= 15 is 0 Å². The molecule has 1 saturated heterocycles. The van der Waals surface area contributed by atoms with E-state index in [0.717, 1.165) is 25.7 Å². The summed E-state index contributed by atoms with van der Waals surface area (Å²) in [6.45, 7) is 0. The molecule has 0 radical (unpaired) electrons. The lowest BCUT2D eigenvalue weighted by Gasteiger charge is -2.37. The van der Waals surface area contributed by atoms with Crippen molar-refractivity contribution in [1.29, 1.82) is 0 Å². The van der Waals surface area contributed by atoms with Crippen molar-refractivity contribution in [3.63, 3.8) is 0 Å². The van der Waals surface area contributed by atoms with Gasteiger partial charge in [-0.3, -0.25) is 9.59 Å². The molecule has 1 spiro atoms. The van der Waals surface area contributed by atoms with Crippen molar-refractivity contribution < 1.29 is 14.3 Å². The second-order valence-corrected chi connectivity index (χ2v) is 5.74. The number of piperidine rings is 1. The first kappa shape index (κ1) is 15.8. The van der Waals surface area contributed by atoms with E-state index < -0.39 is 0 Å². The van der Waals surface area contributed by atoms with Crippen molar-refractivity contribution in [3.05, 3.63) is 18.3 Å². The van der Waals surface area contributed by atoms with Crippen LogP contribution in [0.5, 0.6) is 5.88 Å². The summed E-state index contributed by atoms with van der Waals surface area (Å²) in [6.07, 6.45) is 6.73. The van der Waals surface area contributed by atoms with Gasteiger partial charge in [-0.2, -0.15) is 0 Å². The number of nitrogens with zero attached hydrogens (tertiary/aromatic N) is 2. The lowest BCUT2D eigenvalue weighted by Crippen LogP contribution is -2.47. The van der Waals surface area contributed by atoms with Crippen LogP contribution in [0, 0.1) is 5.41 Å². The number of amides is 2. The van der Waals surface area contributed by atoms with Gasteiger partial charge in [0.1, 0.15) is 0 Å². The van der Waals surface area contributed by atoms with Crippen LogP contribution in [0.3, 0.4) is 0 Å². The molecule has 5 nitrogen and oxygen atoms in total. The Bertz CT molecular complexity index is 518. The summed E-state index contributed by atoms with van der Waals surface area (Å²) in [6, 6.07) is 3.37. The smallest absolute Gasteiger partial charge is 0.234 e. The molecular formula is C15H19ClN2O3. The number of rotatable bonds is 2. The molecule has 3 rings (SSSR count). The molecule has 2 heterocycles. The van der Waals surface area contributed by atoms with Crippen LogP contribution in [0.2, 0.25) is 0 Å². The third-order valence-electron chi connectivity index (χ3n) is 4.40. The monoisotopic (exact) mass is 310 g/mol. The van der Waals surface area contributed by atoms with E-state index in [9.17, 15) is 9.59 Å². The molecule has 2 fully saturated rings. The Labute approximate surface area is 130 Å². The Morgan fingerprint density at radius 2 is 1.76 bits per heavy atom. The number of halogens is 1. The Morgan fingerprint density at radius 3 is 2.24 bits per heavy atom. The molecule has 114 valence electrons. The second kappa shape index (κ2) is 6.02. The third-order valence-corrected chi connectivity index (χ3v) is 4.40. The molecule has 2 amide bonds. The van der Waals surface area contributed by atoms with E-state index in [4.69, 9.17) is 4.74 Å². The van der Waals surface area contributed by atoms with Crippen LogP contribution in [-0.4, -0.2) is 23.9 Å². The summed E-state index contributed by atoms with van der Waals surface area (Å²) in [7, 11) is 1.53. The lowest BCUT2D eigenvalue weighted by atomic mass is 9.76. The van der Waals surface area contributed by atoms with Gasteiger partial charge in [0.25, 0.3) is 0 Å². The van der Waals surface area contributed by atoms with Crippen LogP contribution >= 0.6 is 12.4 Å². The summed E-state index contributed by atoms with van der Waals surface area (Å²) >= 11 is 0. The normalized spacial score (nSPS) is 20.5. The van der Waals surface area contributed by atoms with E-state index in [-0.39, 0.29) is 29.6 Å². The molecule has 0 aromatic carbocycles. The van der Waals surface area contributed by atoms with Crippen LogP contribution in [0.4, 0.5) is 5.69 Å². The summed E-state index contributed by atoms with van der Waals surface area (Å²) < 4.78 is 4.99. The van der Waals surface area contributed by atoms with Gasteiger partial charge in [-0.1, -0.05) is 12.8 Å². The van der Waals surface area contributed by atoms with Crippen LogP contribution in [0.15, 0.2) is 18.3 Å². The van der Waals surface area contributed by atoms with Gasteiger partial charge in [0.2, 0.25) is 17.7 Å². The molecule has 0 unspecified atom stereocenters. The number of imide groups is 1. The number of aromatic nitrogens is 1. The largest absolute Gasteiger partial charge is 0.481 e. The molecule has 2 aliphatic rings. The molecule has 1 aliphatic carbocycles. The average molecular weight is 311 g/mol. The van der Waals surface area contributed by atoms with Crippen molar-refractivity contribution >= 4 is 29.9 Å². The number of hydrogen-bond acceptors (Lipinski definition) is 4. The fourth-order valence-corrected chi connectivity index (χ4v) is 3.39. The van der Waals surface area contributed by atoms with Crippen LogP contribution in [0.1, 0.15) is 38.5 Å². The van der Waals surface area contributed by atoms with Crippen molar-refractivity contribution in [3.8, 4) is 5.88 Å². The van der Waals surface area contributed by atoms with Crippen molar-refractivity contribution in [1.82, 2.24) is 4.98 Å². The summed E-state index contributed by atoms with van der Waals surface area (Å²) in [4.78, 5) is 30.1. The zero-order chi connectivity index (χ0) is 14.2. The van der Waals surface area contributed by atoms with E-state index in [1.807, 2.05) is 0 Å². The molecule has 0 N–H and O–H groups in total. The zero-order valence-electron chi connectivity index (χ0n) is 12.0. The van der Waals surface area contributed by atoms with Crippen LogP contribution in [0.25, 0.3) is 0 Å². The Kier molecular flexibility index (Phi) is 4.52. The van der Waals surface area contributed by atoms with Gasteiger partial charge < -0.3 is 4.74 Å². The highest BCUT2D eigenvalue weighted by Crippen LogP contribution is 2.47. The van der Waals surface area contributed by atoms with E-state index in [1.165, 1.54) is 18.2 Å². The molecular weight excluding hydrogens is 292 g/mol. The molecule has 0 bridgehead atoms. The van der Waals surface area contributed by atoms with Gasteiger partial charge >= 0.3 is 0 Å². The highest BCUT2D eigenvalue weighted by Gasteiger charge is 2.45. The van der Waals surface area contributed by atoms with E-state index in [1.54, 1.807) is 12.1 Å². The standard InChI is InChI=1S/C15H18N2O3.ClH/c1-20-12-5-4-11(10-16-12)17-13(18)8-15(9-14(17)19)6-2-3-7-15;/h4-5,10H,2-3,6-9H2,1H3;1H. The zero-order valence-corrected chi connectivity index (χ0v) is 12.8. The number of hydrogen-bond donors (Lipinski definition) is 0. The number of methoxy groups -OCH3 is 1. The van der Waals surface area contributed by atoms with Gasteiger partial charge in [0.05, 0.1) is 19.0 Å². The number of anilines is 1. The van der Waals surface area contributed by atoms with Gasteiger partial charge in [-0.05, 0) is 24.3 Å². The molecule has 21 heavy (non-hydrogen) atoms. The fourth-order valence-electron chi connectivity index (χ4n) is 3.39. The SMILES string of the molecule is COc1ccc(N2C(=O)CC3(CCCC3)CC2=O)cn1.Cl. The number of pyridine rings is 1. The summed E-state index contributed by atoms with van der Waals surface area (Å²) in [5, 5.41) is 0. The van der Waals surface area contributed by atoms with Crippen LogP contribution < -0.4 is 9.64 Å². The second-order valence-electron chi connectivity index (χ2n) is 5.74. The minimum Gasteiger partial charge on any atom is -0.481 e. The fraction of sp³-hybridized carbons (Fsp3) is 0.533. The highest BCUT2D eigenvalue weighted by molar-refractivity contribution is 6.16. The maximum absolute atomic E-state index is 12.4. The maximum Gasteiger partial charge on any atom is 0.234 e. The third kappa shape index (κ3) is 2.88. The Balaban J connectivity index is 0.00000161. The molecule has 1 aliphatic heterocycles. The highest BCUT2D eigenvalue weighted by atomic mass is 35.5. The first-order valence-electron chi connectivity index (χ1n) is 6.99. The van der Waals surface area contributed by atoms with Gasteiger partial charge in [-0.25, -0.2) is 9.88 Å². The summed E-state index contributed by atoms with van der Waals surface area (Å²) in [5.41, 5.74) is 0.471. The Hall–Kier alpha value is -1.62. The molecule has 6 heteroatoms. The van der Waals surface area contributed by atoms with Crippen molar-refractivity contribution in [2.75, 3.05) is 12.0 Å². The van der Waals surface area contributed by atoms with Gasteiger partial charge in [-0.15, -0.1) is 12.4 Å². The number of ether oxygens (including phenoxy) is 1. The van der Waals surface area contributed by atoms with E-state index in [2.05, 4.69) is 4.98 Å². The predicted molar refractivity (Wildman–Crippen MR) is 80.7 cm³/mol. The Morgan fingerprint density at radius 1 is 1.14 bits per heavy atom. The molecule has 0 atom stereocenters. The molecule has 1 aromatic rings. The number of carbonyl (C=O) groups is 2. The molecule has 1 saturated carbocycles.